The third kappa shape index (κ3) is 7.51. The zero-order valence-electron chi connectivity index (χ0n) is 10.6. The Balaban J connectivity index is 2.92. The van der Waals surface area contributed by atoms with Crippen molar-refractivity contribution in [2.45, 2.75) is 0 Å². The second-order valence-corrected chi connectivity index (χ2v) is 8.13. The predicted octanol–water partition coefficient (Wildman–Crippen LogP) is -1.73. The molecule has 0 aliphatic carbocycles. The van der Waals surface area contributed by atoms with Gasteiger partial charge in [-0.05, 0) is 0 Å². The lowest BCUT2D eigenvalue weighted by Gasteiger charge is -2.38. The van der Waals surface area contributed by atoms with E-state index in [2.05, 4.69) is 10.6 Å². The van der Waals surface area contributed by atoms with Gasteiger partial charge in [-0.3, -0.25) is 9.13 Å². The Kier molecular flexibility index (Phi) is 6.13. The van der Waals surface area contributed by atoms with Crippen LogP contribution in [0.2, 0.25) is 0 Å². The van der Waals surface area contributed by atoms with E-state index in [0.717, 1.165) is 0 Å². The molecule has 6 N–H and O–H groups in total. The third-order valence-corrected chi connectivity index (χ3v) is 4.91. The van der Waals surface area contributed by atoms with Gasteiger partial charge in [0, 0.05) is 26.2 Å². The zero-order valence-corrected chi connectivity index (χ0v) is 12.4. The second kappa shape index (κ2) is 6.76. The SMILES string of the molecule is O=P(O)(O)C[N+]1(CP(=O)(O)O)CCNCCNCC1. The number of rotatable bonds is 4. The summed E-state index contributed by atoms with van der Waals surface area (Å²) in [5.74, 6) is 0. The Morgan fingerprint density at radius 3 is 1.47 bits per heavy atom. The van der Waals surface area contributed by atoms with Crippen LogP contribution < -0.4 is 10.6 Å². The lowest BCUT2D eigenvalue weighted by Crippen LogP contribution is -2.54. The molecule has 0 amide bonds. The van der Waals surface area contributed by atoms with Crippen LogP contribution in [0.3, 0.4) is 0 Å². The quantitative estimate of drug-likeness (QED) is 0.265. The largest absolute Gasteiger partial charge is 0.379 e. The van der Waals surface area contributed by atoms with Crippen LogP contribution in [0.25, 0.3) is 0 Å². The first-order chi connectivity index (χ1) is 8.62. The minimum atomic E-state index is -4.36. The molecule has 0 atom stereocenters. The molecule has 0 saturated carbocycles. The van der Waals surface area contributed by atoms with Crippen LogP contribution in [0.15, 0.2) is 0 Å². The van der Waals surface area contributed by atoms with Crippen molar-refractivity contribution in [3.63, 3.8) is 0 Å². The molecule has 0 aromatic rings. The van der Waals surface area contributed by atoms with Gasteiger partial charge in [0.25, 0.3) is 0 Å². The number of quaternary nitrogens is 1. The van der Waals surface area contributed by atoms with Gasteiger partial charge in [-0.25, -0.2) is 0 Å². The number of nitrogens with zero attached hydrogens (tertiary/aromatic N) is 1. The molecular formula is C8H22N3O6P2+. The first-order valence-corrected chi connectivity index (χ1v) is 9.57. The van der Waals surface area contributed by atoms with Crippen molar-refractivity contribution in [3.05, 3.63) is 0 Å². The van der Waals surface area contributed by atoms with Crippen molar-refractivity contribution in [1.82, 2.24) is 10.6 Å². The van der Waals surface area contributed by atoms with Crippen molar-refractivity contribution in [2.24, 2.45) is 0 Å². The average molecular weight is 318 g/mol. The zero-order chi connectivity index (χ0) is 14.6. The molecule has 0 bridgehead atoms. The maximum atomic E-state index is 11.3. The summed E-state index contributed by atoms with van der Waals surface area (Å²) in [7, 11) is -8.72. The van der Waals surface area contributed by atoms with Crippen LogP contribution in [-0.2, 0) is 9.13 Å². The minimum absolute atomic E-state index is 0.276. The first kappa shape index (κ1) is 17.2. The lowest BCUT2D eigenvalue weighted by molar-refractivity contribution is -0.906. The lowest BCUT2D eigenvalue weighted by atomic mass is 10.4. The van der Waals surface area contributed by atoms with Gasteiger partial charge in [-0.2, -0.15) is 0 Å². The summed E-state index contributed by atoms with van der Waals surface area (Å²) in [5, 5.41) is 6.14. The fraction of sp³-hybridized carbons (Fsp3) is 1.00. The molecule has 0 unspecified atom stereocenters. The molecule has 11 heteroatoms. The van der Waals surface area contributed by atoms with E-state index in [1.807, 2.05) is 0 Å². The summed E-state index contributed by atoms with van der Waals surface area (Å²) >= 11 is 0. The normalized spacial score (nSPS) is 22.3. The van der Waals surface area contributed by atoms with Gasteiger partial charge in [0.1, 0.15) is 0 Å². The van der Waals surface area contributed by atoms with E-state index in [1.165, 1.54) is 0 Å². The van der Waals surface area contributed by atoms with E-state index in [0.29, 0.717) is 26.2 Å². The first-order valence-electron chi connectivity index (χ1n) is 5.98. The van der Waals surface area contributed by atoms with Crippen molar-refractivity contribution < 1.29 is 33.2 Å². The van der Waals surface area contributed by atoms with Gasteiger partial charge >= 0.3 is 15.2 Å². The van der Waals surface area contributed by atoms with Crippen molar-refractivity contribution in [2.75, 3.05) is 51.8 Å². The van der Waals surface area contributed by atoms with E-state index < -0.39 is 27.8 Å². The maximum absolute atomic E-state index is 11.3. The van der Waals surface area contributed by atoms with Crippen LogP contribution in [0.5, 0.6) is 0 Å². The molecule has 0 spiro atoms. The van der Waals surface area contributed by atoms with Crippen molar-refractivity contribution in [1.29, 1.82) is 0 Å². The van der Waals surface area contributed by atoms with Crippen molar-refractivity contribution in [3.8, 4) is 0 Å². The van der Waals surface area contributed by atoms with E-state index in [-0.39, 0.29) is 17.6 Å². The van der Waals surface area contributed by atoms with E-state index in [9.17, 15) is 9.13 Å². The molecule has 1 fully saturated rings. The molecule has 9 nitrogen and oxygen atoms in total. The van der Waals surface area contributed by atoms with Gasteiger partial charge in [0.2, 0.25) is 0 Å². The monoisotopic (exact) mass is 318 g/mol. The summed E-state index contributed by atoms with van der Waals surface area (Å²) in [4.78, 5) is 36.7. The van der Waals surface area contributed by atoms with Crippen LogP contribution in [-0.4, -0.2) is 75.9 Å². The Morgan fingerprint density at radius 2 is 1.16 bits per heavy atom. The van der Waals surface area contributed by atoms with E-state index in [4.69, 9.17) is 19.6 Å². The molecule has 114 valence electrons. The Morgan fingerprint density at radius 1 is 0.789 bits per heavy atom. The van der Waals surface area contributed by atoms with Crippen LogP contribution in [0.4, 0.5) is 0 Å². The highest BCUT2D eigenvalue weighted by molar-refractivity contribution is 7.52. The second-order valence-electron chi connectivity index (χ2n) is 4.90. The van der Waals surface area contributed by atoms with Gasteiger partial charge in [0.15, 0.2) is 12.6 Å². The summed E-state index contributed by atoms with van der Waals surface area (Å²) in [5.41, 5.74) is 0. The summed E-state index contributed by atoms with van der Waals surface area (Å²) in [6.07, 6.45) is -1.11. The molecular weight excluding hydrogens is 296 g/mol. The fourth-order valence-corrected chi connectivity index (χ4v) is 4.77. The van der Waals surface area contributed by atoms with E-state index in [1.54, 1.807) is 0 Å². The topological polar surface area (TPSA) is 139 Å². The smallest absolute Gasteiger partial charge is 0.321 e. The average Bonchev–Trinajstić information content (AvgIpc) is 2.25. The fourth-order valence-electron chi connectivity index (χ4n) is 2.28. The Labute approximate surface area is 111 Å². The molecule has 0 aromatic heterocycles. The number of hydrogen-bond donors (Lipinski definition) is 6. The van der Waals surface area contributed by atoms with Crippen LogP contribution in [0.1, 0.15) is 0 Å². The van der Waals surface area contributed by atoms with Crippen LogP contribution in [0, 0.1) is 0 Å². The predicted molar refractivity (Wildman–Crippen MR) is 69.6 cm³/mol. The molecule has 1 saturated heterocycles. The number of nitrogens with one attached hydrogen (secondary N) is 2. The Bertz CT molecular complexity index is 345. The molecule has 1 aliphatic rings. The van der Waals surface area contributed by atoms with Gasteiger partial charge in [-0.1, -0.05) is 0 Å². The summed E-state index contributed by atoms with van der Waals surface area (Å²) in [6, 6.07) is 0. The molecule has 0 aromatic carbocycles. The minimum Gasteiger partial charge on any atom is -0.321 e. The van der Waals surface area contributed by atoms with Crippen LogP contribution >= 0.6 is 15.2 Å². The maximum Gasteiger partial charge on any atom is 0.379 e. The van der Waals surface area contributed by atoms with Gasteiger partial charge < -0.3 is 34.7 Å². The summed E-state index contributed by atoms with van der Waals surface area (Å²) < 4.78 is 22.2. The summed E-state index contributed by atoms with van der Waals surface area (Å²) in [6.45, 7) is 2.90. The molecule has 19 heavy (non-hydrogen) atoms. The molecule has 1 aliphatic heterocycles. The van der Waals surface area contributed by atoms with Gasteiger partial charge in [-0.15, -0.1) is 0 Å². The van der Waals surface area contributed by atoms with E-state index >= 15 is 0 Å². The number of hydrogen-bond acceptors (Lipinski definition) is 4. The van der Waals surface area contributed by atoms with Crippen molar-refractivity contribution >= 4 is 15.2 Å². The molecule has 1 rings (SSSR count). The standard InChI is InChI=1S/C8H21N3O6P2/c12-18(13,14)7-11(8-19(15,16)17)5-3-9-1-2-10-4-6-11/h9-10H,1-8H2,(H3-,12,13,14,15,16,17)/p+1. The molecule has 1 heterocycles. The highest BCUT2D eigenvalue weighted by Crippen LogP contribution is 2.44. The molecule has 0 radical (unpaired) electrons. The van der Waals surface area contributed by atoms with Gasteiger partial charge in [0.05, 0.1) is 13.1 Å². The highest BCUT2D eigenvalue weighted by Gasteiger charge is 2.40. The third-order valence-electron chi connectivity index (χ3n) is 2.97. The Hall–Kier alpha value is 0.180. The highest BCUT2D eigenvalue weighted by atomic mass is 31.2.